The van der Waals surface area contributed by atoms with Crippen molar-refractivity contribution in [3.63, 3.8) is 0 Å². The molecule has 2 aliphatic rings. The van der Waals surface area contributed by atoms with E-state index in [1.807, 2.05) is 52.7 Å². The van der Waals surface area contributed by atoms with E-state index in [9.17, 15) is 4.79 Å². The lowest BCUT2D eigenvalue weighted by molar-refractivity contribution is 0.0697. The van der Waals surface area contributed by atoms with E-state index in [1.165, 1.54) is 11.3 Å². The highest BCUT2D eigenvalue weighted by Gasteiger charge is 2.28. The van der Waals surface area contributed by atoms with Crippen LogP contribution < -0.4 is 4.74 Å². The summed E-state index contributed by atoms with van der Waals surface area (Å²) in [6.45, 7) is 4.92. The molecule has 1 saturated heterocycles. The highest BCUT2D eigenvalue weighted by molar-refractivity contribution is 7.12. The molecule has 0 saturated carbocycles. The van der Waals surface area contributed by atoms with Crippen LogP contribution in [0.3, 0.4) is 0 Å². The van der Waals surface area contributed by atoms with E-state index in [0.717, 1.165) is 52.1 Å². The number of hydrogen-bond donors (Lipinski definition) is 0. The molecule has 0 N–H and O–H groups in total. The smallest absolute Gasteiger partial charge is 0.264 e. The Kier molecular flexibility index (Phi) is 4.56. The monoisotopic (exact) mass is 403 g/mol. The molecule has 2 aliphatic heterocycles. The van der Waals surface area contributed by atoms with Crippen molar-refractivity contribution >= 4 is 28.8 Å². The molecule has 2 aromatic carbocycles. The van der Waals surface area contributed by atoms with Crippen LogP contribution in [0.4, 0.5) is 5.69 Å². The van der Waals surface area contributed by atoms with Crippen molar-refractivity contribution in [1.29, 1.82) is 0 Å². The lowest BCUT2D eigenvalue weighted by Crippen LogP contribution is -2.50. The summed E-state index contributed by atoms with van der Waals surface area (Å²) < 4.78 is 6.18. The number of benzene rings is 2. The average Bonchev–Trinajstić information content (AvgIpc) is 3.23. The lowest BCUT2D eigenvalue weighted by Gasteiger charge is -2.36. The number of aryl methyl sites for hydroxylation is 1. The predicted octanol–water partition coefficient (Wildman–Crippen LogP) is 4.70. The number of rotatable bonds is 1. The van der Waals surface area contributed by atoms with Crippen molar-refractivity contribution in [2.45, 2.75) is 6.92 Å². The Morgan fingerprint density at radius 1 is 1.00 bits per heavy atom. The van der Waals surface area contributed by atoms with Gasteiger partial charge in [0.25, 0.3) is 5.91 Å². The van der Waals surface area contributed by atoms with Gasteiger partial charge in [0.1, 0.15) is 17.3 Å². The van der Waals surface area contributed by atoms with Crippen LogP contribution >= 0.6 is 11.3 Å². The molecular formula is C23H21N3O2S. The Morgan fingerprint density at radius 2 is 1.83 bits per heavy atom. The topological polar surface area (TPSA) is 45.1 Å². The van der Waals surface area contributed by atoms with Crippen LogP contribution in [0.15, 0.2) is 65.0 Å². The summed E-state index contributed by atoms with van der Waals surface area (Å²) in [5, 5.41) is 1.94. The summed E-state index contributed by atoms with van der Waals surface area (Å²) in [6, 6.07) is 17.9. The molecule has 0 unspecified atom stereocenters. The summed E-state index contributed by atoms with van der Waals surface area (Å²) in [4.78, 5) is 22.7. The van der Waals surface area contributed by atoms with E-state index in [2.05, 4.69) is 24.0 Å². The molecule has 3 aromatic rings. The summed E-state index contributed by atoms with van der Waals surface area (Å²) in [5.41, 5.74) is 2.99. The second-order valence-electron chi connectivity index (χ2n) is 7.26. The van der Waals surface area contributed by atoms with Gasteiger partial charge in [-0.1, -0.05) is 29.8 Å². The third-order valence-corrected chi connectivity index (χ3v) is 6.14. The maximum Gasteiger partial charge on any atom is 0.264 e. The first kappa shape index (κ1) is 17.9. The van der Waals surface area contributed by atoms with Crippen molar-refractivity contribution in [2.24, 2.45) is 4.99 Å². The first-order valence-electron chi connectivity index (χ1n) is 9.73. The summed E-state index contributed by atoms with van der Waals surface area (Å²) in [6.07, 6.45) is 0. The molecule has 1 amide bonds. The van der Waals surface area contributed by atoms with Crippen LogP contribution in [0.1, 0.15) is 20.8 Å². The number of thiophene rings is 1. The number of hydrogen-bond acceptors (Lipinski definition) is 5. The molecule has 0 radical (unpaired) electrons. The van der Waals surface area contributed by atoms with Crippen molar-refractivity contribution in [3.05, 3.63) is 76.0 Å². The quantitative estimate of drug-likeness (QED) is 0.592. The molecule has 1 fully saturated rings. The molecule has 146 valence electrons. The van der Waals surface area contributed by atoms with Crippen LogP contribution in [0.25, 0.3) is 0 Å². The Bertz CT molecular complexity index is 1080. The van der Waals surface area contributed by atoms with Gasteiger partial charge in [0, 0.05) is 26.2 Å². The maximum absolute atomic E-state index is 12.7. The maximum atomic E-state index is 12.7. The van der Waals surface area contributed by atoms with Gasteiger partial charge in [-0.3, -0.25) is 4.79 Å². The standard InChI is InChI=1S/C23H21N3O2S/c1-16-8-9-19-17(15-16)22(24-18-5-2-3-6-20(18)28-19)25-10-12-26(13-11-25)23(27)21-7-4-14-29-21/h2-9,14-15H,10-13H2,1H3. The zero-order valence-electron chi connectivity index (χ0n) is 16.2. The van der Waals surface area contributed by atoms with Crippen molar-refractivity contribution in [1.82, 2.24) is 9.80 Å². The van der Waals surface area contributed by atoms with Crippen molar-refractivity contribution < 1.29 is 9.53 Å². The molecule has 1 aromatic heterocycles. The second kappa shape index (κ2) is 7.37. The number of nitrogens with zero attached hydrogens (tertiary/aromatic N) is 3. The Hall–Kier alpha value is -3.12. The predicted molar refractivity (Wildman–Crippen MR) is 116 cm³/mol. The van der Waals surface area contributed by atoms with Crippen LogP contribution in [-0.2, 0) is 0 Å². The molecule has 0 atom stereocenters. The highest BCUT2D eigenvalue weighted by Crippen LogP contribution is 2.38. The third kappa shape index (κ3) is 3.40. The molecule has 6 heteroatoms. The van der Waals surface area contributed by atoms with Gasteiger partial charge in [-0.15, -0.1) is 11.3 Å². The van der Waals surface area contributed by atoms with Gasteiger partial charge in [0.05, 0.1) is 10.4 Å². The second-order valence-corrected chi connectivity index (χ2v) is 8.21. The van der Waals surface area contributed by atoms with Crippen molar-refractivity contribution in [2.75, 3.05) is 26.2 Å². The fourth-order valence-corrected chi connectivity index (χ4v) is 4.45. The molecule has 5 rings (SSSR count). The van der Waals surface area contributed by atoms with Gasteiger partial charge >= 0.3 is 0 Å². The number of carbonyl (C=O) groups is 1. The first-order chi connectivity index (χ1) is 14.2. The number of amides is 1. The Labute approximate surface area is 173 Å². The van der Waals surface area contributed by atoms with Gasteiger partial charge < -0.3 is 14.5 Å². The zero-order chi connectivity index (χ0) is 19.8. The fourth-order valence-electron chi connectivity index (χ4n) is 3.75. The molecule has 3 heterocycles. The summed E-state index contributed by atoms with van der Waals surface area (Å²) in [7, 11) is 0. The summed E-state index contributed by atoms with van der Waals surface area (Å²) >= 11 is 1.50. The minimum absolute atomic E-state index is 0.118. The van der Waals surface area contributed by atoms with E-state index < -0.39 is 0 Å². The molecule has 0 bridgehead atoms. The van der Waals surface area contributed by atoms with E-state index >= 15 is 0 Å². The third-order valence-electron chi connectivity index (χ3n) is 5.29. The van der Waals surface area contributed by atoms with E-state index in [-0.39, 0.29) is 5.91 Å². The minimum Gasteiger partial charge on any atom is -0.454 e. The number of aliphatic imine (C=N–C) groups is 1. The van der Waals surface area contributed by atoms with Crippen LogP contribution in [0.2, 0.25) is 0 Å². The van der Waals surface area contributed by atoms with E-state index in [0.29, 0.717) is 13.1 Å². The number of carbonyl (C=O) groups excluding carboxylic acids is 1. The van der Waals surface area contributed by atoms with Crippen LogP contribution in [0, 0.1) is 6.92 Å². The lowest BCUT2D eigenvalue weighted by atomic mass is 10.1. The first-order valence-corrected chi connectivity index (χ1v) is 10.6. The SMILES string of the molecule is Cc1ccc2c(c1)C(N1CCN(C(=O)c3cccs3)CC1)=Nc1ccccc1O2. The number of fused-ring (bicyclic) bond motifs is 2. The van der Waals surface area contributed by atoms with E-state index in [1.54, 1.807) is 0 Å². The van der Waals surface area contributed by atoms with Gasteiger partial charge in [-0.25, -0.2) is 4.99 Å². The molecule has 0 spiro atoms. The summed E-state index contributed by atoms with van der Waals surface area (Å²) in [5.74, 6) is 2.61. The largest absolute Gasteiger partial charge is 0.454 e. The number of piperazine rings is 1. The Morgan fingerprint density at radius 3 is 2.62 bits per heavy atom. The van der Waals surface area contributed by atoms with E-state index in [4.69, 9.17) is 9.73 Å². The molecular weight excluding hydrogens is 382 g/mol. The van der Waals surface area contributed by atoms with Gasteiger partial charge in [-0.2, -0.15) is 0 Å². The van der Waals surface area contributed by atoms with Gasteiger partial charge in [0.2, 0.25) is 0 Å². The highest BCUT2D eigenvalue weighted by atomic mass is 32.1. The van der Waals surface area contributed by atoms with Gasteiger partial charge in [0.15, 0.2) is 5.75 Å². The average molecular weight is 404 g/mol. The molecule has 5 nitrogen and oxygen atoms in total. The normalized spacial score (nSPS) is 15.7. The van der Waals surface area contributed by atoms with Crippen molar-refractivity contribution in [3.8, 4) is 11.5 Å². The number of amidine groups is 1. The number of para-hydroxylation sites is 2. The number of ether oxygens (including phenoxy) is 1. The Balaban J connectivity index is 1.45. The molecule has 29 heavy (non-hydrogen) atoms. The zero-order valence-corrected chi connectivity index (χ0v) is 17.0. The van der Waals surface area contributed by atoms with Crippen LogP contribution in [-0.4, -0.2) is 47.7 Å². The van der Waals surface area contributed by atoms with Crippen LogP contribution in [0.5, 0.6) is 11.5 Å². The fraction of sp³-hybridized carbons (Fsp3) is 0.217. The minimum atomic E-state index is 0.118. The molecule has 0 aliphatic carbocycles. The van der Waals surface area contributed by atoms with Gasteiger partial charge in [-0.05, 0) is 42.6 Å².